The number of amides is 1. The maximum Gasteiger partial charge on any atom is 0.407 e. The summed E-state index contributed by atoms with van der Waals surface area (Å²) >= 11 is 12.1. The fourth-order valence-electron chi connectivity index (χ4n) is 1.59. The van der Waals surface area contributed by atoms with Gasteiger partial charge in [-0.3, -0.25) is 0 Å². The first-order valence-corrected chi connectivity index (χ1v) is 5.31. The highest BCUT2D eigenvalue weighted by Gasteiger charge is 2.24. The number of halogens is 3. The monoisotopic (exact) mass is 281 g/mol. The molecular formula is C10H10Cl3NO2. The van der Waals surface area contributed by atoms with Crippen LogP contribution in [0.25, 0.3) is 0 Å². The summed E-state index contributed by atoms with van der Waals surface area (Å²) in [5, 5.41) is 3.81. The van der Waals surface area contributed by atoms with E-state index in [0.717, 1.165) is 5.56 Å². The fraction of sp³-hybridized carbons (Fsp3) is 0.300. The van der Waals surface area contributed by atoms with Crippen LogP contribution in [0.2, 0.25) is 10.0 Å². The van der Waals surface area contributed by atoms with E-state index in [1.807, 2.05) is 0 Å². The lowest BCUT2D eigenvalue weighted by atomic mass is 10.0. The molecule has 3 nitrogen and oxygen atoms in total. The summed E-state index contributed by atoms with van der Waals surface area (Å²) in [5.41, 5.74) is 0.762. The van der Waals surface area contributed by atoms with Gasteiger partial charge in [0.2, 0.25) is 0 Å². The van der Waals surface area contributed by atoms with Crippen molar-refractivity contribution < 1.29 is 9.53 Å². The van der Waals surface area contributed by atoms with Gasteiger partial charge in [0.05, 0.1) is 12.6 Å². The second-order valence-corrected chi connectivity index (χ2v) is 4.07. The van der Waals surface area contributed by atoms with Gasteiger partial charge in [0.15, 0.2) is 0 Å². The highest BCUT2D eigenvalue weighted by Crippen LogP contribution is 2.32. The first kappa shape index (κ1) is 13.4. The van der Waals surface area contributed by atoms with Gasteiger partial charge in [-0.15, -0.1) is 12.4 Å². The summed E-state index contributed by atoms with van der Waals surface area (Å²) in [4.78, 5) is 11.0. The molecule has 16 heavy (non-hydrogen) atoms. The first-order chi connectivity index (χ1) is 7.18. The molecule has 1 aromatic carbocycles. The van der Waals surface area contributed by atoms with Crippen LogP contribution < -0.4 is 5.32 Å². The third kappa shape index (κ3) is 2.73. The Morgan fingerprint density at radius 2 is 1.94 bits per heavy atom. The third-order valence-corrected chi connectivity index (χ3v) is 2.94. The Kier molecular flexibility index (Phi) is 4.71. The smallest absolute Gasteiger partial charge is 0.407 e. The molecule has 1 aliphatic heterocycles. The number of carbonyl (C=O) groups is 1. The molecule has 0 unspecified atom stereocenters. The molecule has 1 fully saturated rings. The molecule has 6 heteroatoms. The predicted molar refractivity (Wildman–Crippen MR) is 65.6 cm³/mol. The van der Waals surface area contributed by atoms with Crippen molar-refractivity contribution in [3.05, 3.63) is 33.8 Å². The van der Waals surface area contributed by atoms with E-state index < -0.39 is 6.09 Å². The summed E-state index contributed by atoms with van der Waals surface area (Å²) in [6, 6.07) is 5.12. The Labute approximate surface area is 109 Å². The molecule has 0 aromatic heterocycles. The lowest BCUT2D eigenvalue weighted by molar-refractivity contribution is 0.115. The number of nitrogens with one attached hydrogen (secondary N) is 1. The average Bonchev–Trinajstić information content (AvgIpc) is 2.17. The average molecular weight is 283 g/mol. The summed E-state index contributed by atoms with van der Waals surface area (Å²) < 4.78 is 4.77. The van der Waals surface area contributed by atoms with Crippen LogP contribution in [0.1, 0.15) is 18.0 Å². The Balaban J connectivity index is 0.00000128. The lowest BCUT2D eigenvalue weighted by Gasteiger charge is -2.25. The molecule has 88 valence electrons. The van der Waals surface area contributed by atoms with Gasteiger partial charge >= 0.3 is 6.09 Å². The molecule has 1 aromatic rings. The minimum absolute atomic E-state index is 0. The number of carbonyl (C=O) groups excluding carboxylic acids is 1. The molecule has 1 N–H and O–H groups in total. The van der Waals surface area contributed by atoms with Crippen LogP contribution in [-0.2, 0) is 4.74 Å². The van der Waals surface area contributed by atoms with Crippen molar-refractivity contribution >= 4 is 41.7 Å². The second kappa shape index (κ2) is 5.62. The Hall–Kier alpha value is -0.640. The molecule has 0 radical (unpaired) electrons. The van der Waals surface area contributed by atoms with Crippen LogP contribution in [0.5, 0.6) is 0 Å². The van der Waals surface area contributed by atoms with Crippen molar-refractivity contribution in [1.29, 1.82) is 0 Å². The standard InChI is InChI=1S/C10H9Cl2NO2.ClH/c11-6-2-1-3-7(12)9(6)8-4-5-15-10(14)13-8;/h1-3,8H,4-5H2,(H,13,14);1H/t8-;/m0./s1. The highest BCUT2D eigenvalue weighted by molar-refractivity contribution is 6.36. The number of hydrogen-bond donors (Lipinski definition) is 1. The maximum absolute atomic E-state index is 11.0. The summed E-state index contributed by atoms with van der Waals surface area (Å²) in [5.74, 6) is 0. The van der Waals surface area contributed by atoms with E-state index in [2.05, 4.69) is 5.32 Å². The van der Waals surface area contributed by atoms with Gasteiger partial charge in [0, 0.05) is 22.0 Å². The molecule has 1 amide bonds. The molecule has 1 saturated heterocycles. The molecule has 1 aliphatic rings. The zero-order valence-corrected chi connectivity index (χ0v) is 10.5. The largest absolute Gasteiger partial charge is 0.449 e. The number of ether oxygens (including phenoxy) is 1. The van der Waals surface area contributed by atoms with E-state index in [-0.39, 0.29) is 18.4 Å². The quantitative estimate of drug-likeness (QED) is 0.855. The van der Waals surface area contributed by atoms with Crippen LogP contribution in [0.3, 0.4) is 0 Å². The number of hydrogen-bond acceptors (Lipinski definition) is 2. The van der Waals surface area contributed by atoms with E-state index in [1.165, 1.54) is 0 Å². The van der Waals surface area contributed by atoms with Crippen LogP contribution in [0, 0.1) is 0 Å². The number of cyclic esters (lactones) is 1. The van der Waals surface area contributed by atoms with Gasteiger partial charge in [0.25, 0.3) is 0 Å². The van der Waals surface area contributed by atoms with Gasteiger partial charge in [-0.05, 0) is 12.1 Å². The SMILES string of the molecule is Cl.O=C1N[C@H](c2c(Cl)cccc2Cl)CCO1. The topological polar surface area (TPSA) is 38.3 Å². The van der Waals surface area contributed by atoms with Crippen molar-refractivity contribution in [2.24, 2.45) is 0 Å². The van der Waals surface area contributed by atoms with Gasteiger partial charge in [-0.1, -0.05) is 29.3 Å². The minimum atomic E-state index is -0.428. The second-order valence-electron chi connectivity index (χ2n) is 3.26. The molecule has 0 bridgehead atoms. The summed E-state index contributed by atoms with van der Waals surface area (Å²) in [7, 11) is 0. The molecular weight excluding hydrogens is 272 g/mol. The fourth-order valence-corrected chi connectivity index (χ4v) is 2.25. The highest BCUT2D eigenvalue weighted by atomic mass is 35.5. The Bertz CT molecular complexity index is 377. The molecule has 0 aliphatic carbocycles. The maximum atomic E-state index is 11.0. The van der Waals surface area contributed by atoms with Crippen LogP contribution in [-0.4, -0.2) is 12.7 Å². The van der Waals surface area contributed by atoms with Gasteiger partial charge in [-0.2, -0.15) is 0 Å². The minimum Gasteiger partial charge on any atom is -0.449 e. The first-order valence-electron chi connectivity index (χ1n) is 4.55. The van der Waals surface area contributed by atoms with E-state index in [4.69, 9.17) is 27.9 Å². The Morgan fingerprint density at radius 1 is 1.31 bits per heavy atom. The van der Waals surface area contributed by atoms with E-state index in [0.29, 0.717) is 23.1 Å². The summed E-state index contributed by atoms with van der Waals surface area (Å²) in [6.07, 6.45) is 0.247. The van der Waals surface area contributed by atoms with E-state index >= 15 is 0 Å². The van der Waals surface area contributed by atoms with Gasteiger partial charge in [-0.25, -0.2) is 4.79 Å². The van der Waals surface area contributed by atoms with Crippen molar-refractivity contribution in [2.75, 3.05) is 6.61 Å². The van der Waals surface area contributed by atoms with Crippen molar-refractivity contribution in [1.82, 2.24) is 5.32 Å². The predicted octanol–water partition coefficient (Wildman–Crippen LogP) is 3.59. The van der Waals surface area contributed by atoms with Crippen molar-refractivity contribution in [2.45, 2.75) is 12.5 Å². The zero-order chi connectivity index (χ0) is 10.8. The lowest BCUT2D eigenvalue weighted by Crippen LogP contribution is -2.35. The third-order valence-electron chi connectivity index (χ3n) is 2.28. The van der Waals surface area contributed by atoms with Crippen LogP contribution >= 0.6 is 35.6 Å². The van der Waals surface area contributed by atoms with Crippen LogP contribution in [0.15, 0.2) is 18.2 Å². The van der Waals surface area contributed by atoms with Crippen molar-refractivity contribution in [3.63, 3.8) is 0 Å². The molecule has 1 atom stereocenters. The number of rotatable bonds is 1. The van der Waals surface area contributed by atoms with Gasteiger partial charge < -0.3 is 10.1 Å². The van der Waals surface area contributed by atoms with E-state index in [1.54, 1.807) is 18.2 Å². The Morgan fingerprint density at radius 3 is 2.50 bits per heavy atom. The van der Waals surface area contributed by atoms with Crippen LogP contribution in [0.4, 0.5) is 4.79 Å². The molecule has 0 spiro atoms. The molecule has 0 saturated carbocycles. The molecule has 1 heterocycles. The summed E-state index contributed by atoms with van der Waals surface area (Å²) in [6.45, 7) is 0.387. The normalized spacial score (nSPS) is 19.4. The van der Waals surface area contributed by atoms with Crippen molar-refractivity contribution in [3.8, 4) is 0 Å². The zero-order valence-electron chi connectivity index (χ0n) is 8.20. The number of benzene rings is 1. The van der Waals surface area contributed by atoms with E-state index in [9.17, 15) is 4.79 Å². The number of alkyl carbamates (subject to hydrolysis) is 1. The van der Waals surface area contributed by atoms with Gasteiger partial charge in [0.1, 0.15) is 0 Å². The molecule has 2 rings (SSSR count).